The topological polar surface area (TPSA) is 35.2 Å². The predicted octanol–water partition coefficient (Wildman–Crippen LogP) is 3.34. The van der Waals surface area contributed by atoms with E-state index in [0.29, 0.717) is 0 Å². The molecule has 0 radical (unpaired) electrons. The fraction of sp³-hybridized carbons (Fsp3) is 0.571. The Balaban J connectivity index is 2.33. The smallest absolute Gasteiger partial charge is 0.124 e. The first-order valence-electron chi connectivity index (χ1n) is 6.09. The molecule has 0 spiro atoms. The molecule has 1 aromatic rings. The third kappa shape index (κ3) is 2.07. The van der Waals surface area contributed by atoms with E-state index in [9.17, 15) is 0 Å². The largest absolute Gasteiger partial charge is 0.487 e. The van der Waals surface area contributed by atoms with E-state index >= 15 is 0 Å². The van der Waals surface area contributed by atoms with Crippen LogP contribution in [0.5, 0.6) is 5.75 Å². The van der Waals surface area contributed by atoms with Crippen molar-refractivity contribution in [2.45, 2.75) is 51.7 Å². The molecule has 2 rings (SSSR count). The van der Waals surface area contributed by atoms with Crippen molar-refractivity contribution >= 4 is 0 Å². The number of rotatable bonds is 2. The van der Waals surface area contributed by atoms with Crippen molar-refractivity contribution in [3.63, 3.8) is 0 Å². The van der Waals surface area contributed by atoms with Gasteiger partial charge in [-0.1, -0.05) is 31.0 Å². The highest BCUT2D eigenvalue weighted by molar-refractivity contribution is 5.41. The molecule has 0 amide bonds. The van der Waals surface area contributed by atoms with E-state index in [4.69, 9.17) is 10.5 Å². The summed E-state index contributed by atoms with van der Waals surface area (Å²) in [5.74, 6) is 0.973. The zero-order valence-corrected chi connectivity index (χ0v) is 10.4. The first kappa shape index (κ1) is 11.5. The Kier molecular flexibility index (Phi) is 2.94. The molecule has 0 fully saturated rings. The Labute approximate surface area is 97.8 Å². The summed E-state index contributed by atoms with van der Waals surface area (Å²) in [4.78, 5) is 0. The van der Waals surface area contributed by atoms with Gasteiger partial charge in [0.1, 0.15) is 11.4 Å². The van der Waals surface area contributed by atoms with Gasteiger partial charge in [-0.25, -0.2) is 0 Å². The highest BCUT2D eigenvalue weighted by atomic mass is 16.5. The van der Waals surface area contributed by atoms with E-state index in [1.165, 1.54) is 5.56 Å². The van der Waals surface area contributed by atoms with Crippen LogP contribution in [-0.2, 0) is 0 Å². The second-order valence-electron chi connectivity index (χ2n) is 5.15. The molecule has 2 atom stereocenters. The number of ether oxygens (including phenoxy) is 1. The molecule has 1 aliphatic heterocycles. The molecule has 16 heavy (non-hydrogen) atoms. The van der Waals surface area contributed by atoms with Gasteiger partial charge in [-0.05, 0) is 26.3 Å². The lowest BCUT2D eigenvalue weighted by Crippen LogP contribution is -2.40. The monoisotopic (exact) mass is 219 g/mol. The Morgan fingerprint density at radius 1 is 1.50 bits per heavy atom. The van der Waals surface area contributed by atoms with Crippen LogP contribution in [0.25, 0.3) is 0 Å². The second kappa shape index (κ2) is 4.10. The van der Waals surface area contributed by atoms with Gasteiger partial charge < -0.3 is 10.5 Å². The van der Waals surface area contributed by atoms with Crippen LogP contribution in [-0.4, -0.2) is 5.60 Å². The lowest BCUT2D eigenvalue weighted by Gasteiger charge is -2.39. The van der Waals surface area contributed by atoms with E-state index in [1.54, 1.807) is 0 Å². The zero-order valence-electron chi connectivity index (χ0n) is 10.4. The molecule has 1 aliphatic rings. The fourth-order valence-corrected chi connectivity index (χ4v) is 2.61. The summed E-state index contributed by atoms with van der Waals surface area (Å²) in [6.07, 6.45) is 3.11. The molecule has 2 heteroatoms. The Morgan fingerprint density at radius 3 is 2.94 bits per heavy atom. The minimum atomic E-state index is -0.0869. The van der Waals surface area contributed by atoms with Crippen LogP contribution in [0.1, 0.15) is 50.3 Å². The molecular formula is C14H21NO. The molecule has 0 saturated heterocycles. The van der Waals surface area contributed by atoms with Gasteiger partial charge in [0.15, 0.2) is 0 Å². The van der Waals surface area contributed by atoms with Crippen molar-refractivity contribution in [1.29, 1.82) is 0 Å². The van der Waals surface area contributed by atoms with Gasteiger partial charge in [-0.3, -0.25) is 0 Å². The van der Waals surface area contributed by atoms with E-state index in [2.05, 4.69) is 39.0 Å². The molecule has 0 aromatic heterocycles. The van der Waals surface area contributed by atoms with Crippen LogP contribution in [0.15, 0.2) is 18.2 Å². The van der Waals surface area contributed by atoms with Gasteiger partial charge in [0.25, 0.3) is 0 Å². The van der Waals surface area contributed by atoms with Crippen molar-refractivity contribution in [2.24, 2.45) is 5.73 Å². The van der Waals surface area contributed by atoms with Crippen molar-refractivity contribution in [2.75, 3.05) is 0 Å². The lowest BCUT2D eigenvalue weighted by atomic mass is 9.85. The molecule has 0 saturated carbocycles. The third-order valence-corrected chi connectivity index (χ3v) is 3.35. The fourth-order valence-electron chi connectivity index (χ4n) is 2.61. The van der Waals surface area contributed by atoms with Crippen LogP contribution < -0.4 is 10.5 Å². The zero-order chi connectivity index (χ0) is 11.8. The molecule has 0 bridgehead atoms. The summed E-state index contributed by atoms with van der Waals surface area (Å²) in [7, 11) is 0. The number of hydrogen-bond donors (Lipinski definition) is 1. The maximum absolute atomic E-state index is 6.24. The maximum atomic E-state index is 6.24. The van der Waals surface area contributed by atoms with Crippen LogP contribution >= 0.6 is 0 Å². The van der Waals surface area contributed by atoms with Crippen molar-refractivity contribution in [3.8, 4) is 5.75 Å². The predicted molar refractivity (Wildman–Crippen MR) is 66.7 cm³/mol. The Bertz CT molecular complexity index is 388. The summed E-state index contributed by atoms with van der Waals surface area (Å²) >= 11 is 0. The normalized spacial score (nSPS) is 28.4. The minimum Gasteiger partial charge on any atom is -0.487 e. The van der Waals surface area contributed by atoms with Gasteiger partial charge in [-0.2, -0.15) is 0 Å². The molecule has 0 aliphatic carbocycles. The first-order chi connectivity index (χ1) is 7.54. The number of benzene rings is 1. The first-order valence-corrected chi connectivity index (χ1v) is 6.09. The molecule has 1 unspecified atom stereocenters. The van der Waals surface area contributed by atoms with Gasteiger partial charge in [0, 0.05) is 18.0 Å². The van der Waals surface area contributed by atoms with E-state index in [1.807, 2.05) is 0 Å². The van der Waals surface area contributed by atoms with Crippen molar-refractivity contribution < 1.29 is 4.74 Å². The third-order valence-electron chi connectivity index (χ3n) is 3.35. The average molecular weight is 219 g/mol. The maximum Gasteiger partial charge on any atom is 0.124 e. The molecule has 1 heterocycles. The summed E-state index contributed by atoms with van der Waals surface area (Å²) in [6.45, 7) is 6.44. The summed E-state index contributed by atoms with van der Waals surface area (Å²) < 4.78 is 6.11. The van der Waals surface area contributed by atoms with Crippen molar-refractivity contribution in [3.05, 3.63) is 29.3 Å². The highest BCUT2D eigenvalue weighted by Gasteiger charge is 2.34. The van der Waals surface area contributed by atoms with Crippen molar-refractivity contribution in [1.82, 2.24) is 0 Å². The Morgan fingerprint density at radius 2 is 2.25 bits per heavy atom. The van der Waals surface area contributed by atoms with Gasteiger partial charge in [0.2, 0.25) is 0 Å². The Hall–Kier alpha value is -1.02. The second-order valence-corrected chi connectivity index (χ2v) is 5.15. The van der Waals surface area contributed by atoms with E-state index in [0.717, 1.165) is 30.6 Å². The summed E-state index contributed by atoms with van der Waals surface area (Å²) in [6, 6.07) is 6.40. The van der Waals surface area contributed by atoms with Gasteiger partial charge in [-0.15, -0.1) is 0 Å². The molecule has 1 aromatic carbocycles. The molecular weight excluding hydrogens is 198 g/mol. The molecule has 2 N–H and O–H groups in total. The van der Waals surface area contributed by atoms with Crippen LogP contribution in [0.2, 0.25) is 0 Å². The average Bonchev–Trinajstić information content (AvgIpc) is 2.19. The summed E-state index contributed by atoms with van der Waals surface area (Å²) in [5.41, 5.74) is 8.56. The van der Waals surface area contributed by atoms with Crippen LogP contribution in [0, 0.1) is 6.92 Å². The van der Waals surface area contributed by atoms with Gasteiger partial charge >= 0.3 is 0 Å². The number of hydrogen-bond acceptors (Lipinski definition) is 2. The SMILES string of the molecule is CCCC1(C)C[C@H](N)c2cc(C)ccc2O1. The minimum absolute atomic E-state index is 0.0869. The van der Waals surface area contributed by atoms with Crippen LogP contribution in [0.4, 0.5) is 0 Å². The molecule has 88 valence electrons. The summed E-state index contributed by atoms with van der Waals surface area (Å²) in [5, 5.41) is 0. The van der Waals surface area contributed by atoms with E-state index < -0.39 is 0 Å². The highest BCUT2D eigenvalue weighted by Crippen LogP contribution is 2.40. The number of nitrogens with two attached hydrogens (primary N) is 1. The molecule has 2 nitrogen and oxygen atoms in total. The number of fused-ring (bicyclic) bond motifs is 1. The van der Waals surface area contributed by atoms with Crippen LogP contribution in [0.3, 0.4) is 0 Å². The van der Waals surface area contributed by atoms with E-state index in [-0.39, 0.29) is 11.6 Å². The quantitative estimate of drug-likeness (QED) is 0.828. The lowest BCUT2D eigenvalue weighted by molar-refractivity contribution is 0.0448. The van der Waals surface area contributed by atoms with Gasteiger partial charge in [0.05, 0.1) is 0 Å². The number of aryl methyl sites for hydroxylation is 1. The standard InChI is InChI=1S/C14H21NO/c1-4-7-14(3)9-12(15)11-8-10(2)5-6-13(11)16-14/h5-6,8,12H,4,7,9,15H2,1-3H3/t12-,14?/m0/s1.